The van der Waals surface area contributed by atoms with Crippen molar-refractivity contribution in [1.29, 1.82) is 0 Å². The summed E-state index contributed by atoms with van der Waals surface area (Å²) in [5, 5.41) is 0. The van der Waals surface area contributed by atoms with Crippen LogP contribution in [0.4, 0.5) is 4.39 Å². The summed E-state index contributed by atoms with van der Waals surface area (Å²) in [7, 11) is 0. The molecule has 1 saturated heterocycles. The minimum Gasteiger partial charge on any atom is -0.339 e. The average molecular weight is 326 g/mol. The lowest BCUT2D eigenvalue weighted by molar-refractivity contribution is -0.131. The van der Waals surface area contributed by atoms with Gasteiger partial charge in [0.1, 0.15) is 5.82 Å². The first-order chi connectivity index (χ1) is 11.6. The molecule has 2 amide bonds. The van der Waals surface area contributed by atoms with Gasteiger partial charge in [0.25, 0.3) is 5.91 Å². The molecule has 0 saturated carbocycles. The summed E-state index contributed by atoms with van der Waals surface area (Å²) < 4.78 is 13.7. The maximum Gasteiger partial charge on any atom is 0.256 e. The molecule has 0 aliphatic carbocycles. The molecule has 0 N–H and O–H groups in total. The van der Waals surface area contributed by atoms with Gasteiger partial charge in [0, 0.05) is 26.2 Å². The predicted molar refractivity (Wildman–Crippen MR) is 89.0 cm³/mol. The molecule has 1 aliphatic rings. The van der Waals surface area contributed by atoms with Gasteiger partial charge in [0.05, 0.1) is 12.0 Å². The summed E-state index contributed by atoms with van der Waals surface area (Å²) in [5.41, 5.74) is 1.06. The van der Waals surface area contributed by atoms with Crippen LogP contribution in [-0.2, 0) is 11.2 Å². The number of hydrogen-bond acceptors (Lipinski definition) is 2. The number of hydrogen-bond donors (Lipinski definition) is 0. The molecule has 1 heterocycles. The Bertz CT molecular complexity index is 725. The van der Waals surface area contributed by atoms with Crippen LogP contribution in [0, 0.1) is 5.82 Å². The first-order valence-corrected chi connectivity index (χ1v) is 8.00. The van der Waals surface area contributed by atoms with Crippen LogP contribution in [0.1, 0.15) is 15.9 Å². The molecule has 124 valence electrons. The van der Waals surface area contributed by atoms with Crippen LogP contribution in [0.25, 0.3) is 0 Å². The highest BCUT2D eigenvalue weighted by atomic mass is 19.1. The lowest BCUT2D eigenvalue weighted by atomic mass is 10.1. The van der Waals surface area contributed by atoms with E-state index in [4.69, 9.17) is 0 Å². The van der Waals surface area contributed by atoms with E-state index in [1.54, 1.807) is 21.9 Å². The van der Waals surface area contributed by atoms with Crippen molar-refractivity contribution in [3.63, 3.8) is 0 Å². The Morgan fingerprint density at radius 3 is 2.08 bits per heavy atom. The lowest BCUT2D eigenvalue weighted by Crippen LogP contribution is -2.51. The van der Waals surface area contributed by atoms with Gasteiger partial charge in [0.2, 0.25) is 5.91 Å². The Balaban J connectivity index is 1.57. The second-order valence-electron chi connectivity index (χ2n) is 5.82. The highest BCUT2D eigenvalue weighted by molar-refractivity contribution is 5.94. The Kier molecular flexibility index (Phi) is 4.89. The van der Waals surface area contributed by atoms with Gasteiger partial charge in [-0.2, -0.15) is 0 Å². The molecule has 2 aromatic carbocycles. The predicted octanol–water partition coefficient (Wildman–Crippen LogP) is 2.35. The molecule has 0 radical (unpaired) electrons. The van der Waals surface area contributed by atoms with E-state index in [0.717, 1.165) is 5.56 Å². The van der Waals surface area contributed by atoms with Crippen molar-refractivity contribution in [2.24, 2.45) is 0 Å². The summed E-state index contributed by atoms with van der Waals surface area (Å²) >= 11 is 0. The number of benzene rings is 2. The molecule has 0 spiro atoms. The fraction of sp³-hybridized carbons (Fsp3) is 0.263. The zero-order valence-corrected chi connectivity index (χ0v) is 13.3. The molecular formula is C19H19FN2O2. The molecule has 1 aliphatic heterocycles. The molecule has 4 nitrogen and oxygen atoms in total. The monoisotopic (exact) mass is 326 g/mol. The average Bonchev–Trinajstić information content (AvgIpc) is 2.62. The van der Waals surface area contributed by atoms with Crippen molar-refractivity contribution in [1.82, 2.24) is 9.80 Å². The number of nitrogens with zero attached hydrogens (tertiary/aromatic N) is 2. The summed E-state index contributed by atoms with van der Waals surface area (Å²) in [5.74, 6) is -0.771. The minimum absolute atomic E-state index is 0.0548. The summed E-state index contributed by atoms with van der Waals surface area (Å²) in [4.78, 5) is 28.1. The minimum atomic E-state index is -0.509. The van der Waals surface area contributed by atoms with Crippen LogP contribution in [0.2, 0.25) is 0 Å². The smallest absolute Gasteiger partial charge is 0.256 e. The first-order valence-electron chi connectivity index (χ1n) is 8.00. The van der Waals surface area contributed by atoms with Gasteiger partial charge in [0.15, 0.2) is 0 Å². The Morgan fingerprint density at radius 2 is 1.42 bits per heavy atom. The van der Waals surface area contributed by atoms with Crippen molar-refractivity contribution in [2.45, 2.75) is 6.42 Å². The molecule has 3 rings (SSSR count). The lowest BCUT2D eigenvalue weighted by Gasteiger charge is -2.35. The Morgan fingerprint density at radius 1 is 0.833 bits per heavy atom. The van der Waals surface area contributed by atoms with Gasteiger partial charge in [-0.15, -0.1) is 0 Å². The van der Waals surface area contributed by atoms with Gasteiger partial charge in [-0.3, -0.25) is 9.59 Å². The topological polar surface area (TPSA) is 40.6 Å². The van der Waals surface area contributed by atoms with E-state index in [9.17, 15) is 14.0 Å². The molecule has 5 heteroatoms. The van der Waals surface area contributed by atoms with Crippen molar-refractivity contribution >= 4 is 11.8 Å². The number of rotatable bonds is 3. The first kappa shape index (κ1) is 16.2. The van der Waals surface area contributed by atoms with E-state index in [-0.39, 0.29) is 17.4 Å². The zero-order chi connectivity index (χ0) is 16.9. The quantitative estimate of drug-likeness (QED) is 0.869. The third-order valence-corrected chi connectivity index (χ3v) is 4.22. The highest BCUT2D eigenvalue weighted by Crippen LogP contribution is 2.13. The van der Waals surface area contributed by atoms with E-state index in [0.29, 0.717) is 32.6 Å². The van der Waals surface area contributed by atoms with E-state index in [1.807, 2.05) is 30.3 Å². The van der Waals surface area contributed by atoms with Crippen molar-refractivity contribution in [3.05, 3.63) is 71.5 Å². The molecule has 1 fully saturated rings. The molecule has 0 bridgehead atoms. The summed E-state index contributed by atoms with van der Waals surface area (Å²) in [6.45, 7) is 1.80. The van der Waals surface area contributed by atoms with Crippen molar-refractivity contribution in [2.75, 3.05) is 26.2 Å². The molecule has 2 aromatic rings. The Labute approximate surface area is 140 Å². The van der Waals surface area contributed by atoms with E-state index >= 15 is 0 Å². The second kappa shape index (κ2) is 7.25. The number of amides is 2. The largest absolute Gasteiger partial charge is 0.339 e. The van der Waals surface area contributed by atoms with Gasteiger partial charge in [-0.25, -0.2) is 4.39 Å². The maximum absolute atomic E-state index is 13.7. The summed E-state index contributed by atoms with van der Waals surface area (Å²) in [6, 6.07) is 15.6. The fourth-order valence-corrected chi connectivity index (χ4v) is 2.85. The van der Waals surface area contributed by atoms with Gasteiger partial charge < -0.3 is 9.80 Å². The van der Waals surface area contributed by atoms with E-state index in [1.165, 1.54) is 12.1 Å². The molecule has 0 aromatic heterocycles. The standard InChI is InChI=1S/C19H19FN2O2/c20-17-9-5-4-8-16(17)19(24)22-12-10-21(11-13-22)18(23)14-15-6-2-1-3-7-15/h1-9H,10-14H2. The molecule has 24 heavy (non-hydrogen) atoms. The molecule has 0 atom stereocenters. The third-order valence-electron chi connectivity index (χ3n) is 4.22. The van der Waals surface area contributed by atoms with Crippen LogP contribution in [0.15, 0.2) is 54.6 Å². The van der Waals surface area contributed by atoms with Crippen LogP contribution in [0.3, 0.4) is 0 Å². The van der Waals surface area contributed by atoms with Gasteiger partial charge in [-0.05, 0) is 17.7 Å². The van der Waals surface area contributed by atoms with Crippen LogP contribution in [-0.4, -0.2) is 47.8 Å². The number of carbonyl (C=O) groups is 2. The number of piperazine rings is 1. The fourth-order valence-electron chi connectivity index (χ4n) is 2.85. The van der Waals surface area contributed by atoms with Crippen molar-refractivity contribution < 1.29 is 14.0 Å². The molecule has 0 unspecified atom stereocenters. The Hall–Kier alpha value is -2.69. The van der Waals surface area contributed by atoms with Crippen molar-refractivity contribution in [3.8, 4) is 0 Å². The maximum atomic E-state index is 13.7. The number of halogens is 1. The van der Waals surface area contributed by atoms with Crippen LogP contribution < -0.4 is 0 Å². The van der Waals surface area contributed by atoms with Crippen LogP contribution >= 0.6 is 0 Å². The molecular weight excluding hydrogens is 307 g/mol. The number of carbonyl (C=O) groups excluding carboxylic acids is 2. The zero-order valence-electron chi connectivity index (χ0n) is 13.3. The van der Waals surface area contributed by atoms with Gasteiger partial charge >= 0.3 is 0 Å². The van der Waals surface area contributed by atoms with Crippen LogP contribution in [0.5, 0.6) is 0 Å². The third kappa shape index (κ3) is 3.62. The van der Waals surface area contributed by atoms with Gasteiger partial charge in [-0.1, -0.05) is 42.5 Å². The normalized spacial score (nSPS) is 14.5. The second-order valence-corrected chi connectivity index (χ2v) is 5.82. The summed E-state index contributed by atoms with van der Waals surface area (Å²) in [6.07, 6.45) is 0.363. The highest BCUT2D eigenvalue weighted by Gasteiger charge is 2.26. The SMILES string of the molecule is O=C(Cc1ccccc1)N1CCN(C(=O)c2ccccc2F)CC1. The van der Waals surface area contributed by atoms with E-state index < -0.39 is 5.82 Å². The van der Waals surface area contributed by atoms with E-state index in [2.05, 4.69) is 0 Å².